The first-order chi connectivity index (χ1) is 14.9. The van der Waals surface area contributed by atoms with Crippen molar-refractivity contribution in [1.29, 1.82) is 0 Å². The molecular formula is C21H36N4O3S4. The van der Waals surface area contributed by atoms with Crippen LogP contribution in [0.5, 0.6) is 5.75 Å². The van der Waals surface area contributed by atoms with Crippen molar-refractivity contribution in [3.05, 3.63) is 18.2 Å². The number of benzene rings is 1. The van der Waals surface area contributed by atoms with Crippen LogP contribution >= 0.6 is 47.8 Å². The summed E-state index contributed by atoms with van der Waals surface area (Å²) in [4.78, 5) is 25.8. The second-order valence-corrected chi connectivity index (χ2v) is 14.4. The molecule has 1 aromatic rings. The van der Waals surface area contributed by atoms with E-state index in [1.165, 1.54) is 47.8 Å². The molecule has 0 radical (unpaired) electrons. The molecule has 1 rings (SSSR count). The first-order valence-corrected chi connectivity index (χ1v) is 13.8. The molecule has 2 N–H and O–H groups in total. The molecule has 32 heavy (non-hydrogen) atoms. The number of carbonyl (C=O) groups excluding carboxylic acids is 2. The van der Waals surface area contributed by atoms with Gasteiger partial charge in [-0.1, -0.05) is 55.4 Å². The molecule has 0 aliphatic heterocycles. The molecule has 7 nitrogen and oxygen atoms in total. The van der Waals surface area contributed by atoms with E-state index in [0.717, 1.165) is 0 Å². The summed E-state index contributed by atoms with van der Waals surface area (Å²) in [5, 5.41) is 6.88. The highest BCUT2D eigenvalue weighted by Crippen LogP contribution is 2.34. The van der Waals surface area contributed by atoms with Gasteiger partial charge in [0.2, 0.25) is 0 Å². The highest BCUT2D eigenvalue weighted by Gasteiger charge is 2.22. The lowest BCUT2D eigenvalue weighted by Crippen LogP contribution is -2.28. The number of nitrogens with one attached hydrogen (secondary N) is 2. The van der Waals surface area contributed by atoms with Gasteiger partial charge >= 0.3 is 12.1 Å². The maximum Gasteiger partial charge on any atom is 0.342 e. The minimum atomic E-state index is -0.253. The van der Waals surface area contributed by atoms with Gasteiger partial charge in [-0.2, -0.15) is 0 Å². The first kappa shape index (κ1) is 29.0. The summed E-state index contributed by atoms with van der Waals surface area (Å²) in [6.07, 6.45) is 0. The number of methoxy groups -OCH3 is 1. The third-order valence-electron chi connectivity index (χ3n) is 3.25. The summed E-state index contributed by atoms with van der Waals surface area (Å²) in [6, 6.07) is 4.73. The average Bonchev–Trinajstić information content (AvgIpc) is 2.65. The molecule has 4 amide bonds. The van der Waals surface area contributed by atoms with Gasteiger partial charge in [-0.15, -0.1) is 0 Å². The Morgan fingerprint density at radius 1 is 0.750 bits per heavy atom. The Balaban J connectivity index is 3.05. The summed E-state index contributed by atoms with van der Waals surface area (Å²) >= 11 is 5.86. The minimum absolute atomic E-state index is 0.225. The van der Waals surface area contributed by atoms with E-state index in [0.29, 0.717) is 17.1 Å². The SMILES string of the molecule is COc1ccc(NC(=O)N(SC(C)C)SC(C)C)cc1NC(=O)N(SC(C)C)SC(C)C. The van der Waals surface area contributed by atoms with Crippen LogP contribution in [0.25, 0.3) is 0 Å². The fourth-order valence-electron chi connectivity index (χ4n) is 2.22. The Morgan fingerprint density at radius 3 is 1.53 bits per heavy atom. The van der Waals surface area contributed by atoms with E-state index in [1.807, 2.05) is 55.4 Å². The summed E-state index contributed by atoms with van der Waals surface area (Å²) in [5.74, 6) is 0.519. The zero-order valence-electron chi connectivity index (χ0n) is 20.3. The lowest BCUT2D eigenvalue weighted by Gasteiger charge is -2.25. The first-order valence-electron chi connectivity index (χ1n) is 10.5. The van der Waals surface area contributed by atoms with Crippen LogP contribution in [-0.2, 0) is 0 Å². The van der Waals surface area contributed by atoms with Gasteiger partial charge in [0, 0.05) is 26.7 Å². The van der Waals surface area contributed by atoms with Crippen LogP contribution in [0.3, 0.4) is 0 Å². The number of rotatable bonds is 11. The zero-order valence-corrected chi connectivity index (χ0v) is 23.6. The van der Waals surface area contributed by atoms with Gasteiger partial charge in [0.25, 0.3) is 0 Å². The number of hydrogen-bond acceptors (Lipinski definition) is 7. The topological polar surface area (TPSA) is 73.9 Å². The molecule has 0 aromatic heterocycles. The van der Waals surface area contributed by atoms with Crippen LogP contribution in [-0.4, -0.2) is 47.6 Å². The third kappa shape index (κ3) is 10.7. The van der Waals surface area contributed by atoms with Gasteiger partial charge in [0.15, 0.2) is 0 Å². The number of ether oxygens (including phenoxy) is 1. The molecule has 0 saturated carbocycles. The summed E-state index contributed by atoms with van der Waals surface area (Å²) in [5.41, 5.74) is 1.07. The molecule has 0 spiro atoms. The van der Waals surface area contributed by atoms with Gasteiger partial charge in [0.1, 0.15) is 5.75 Å². The van der Waals surface area contributed by atoms with Crippen molar-refractivity contribution < 1.29 is 14.3 Å². The van der Waals surface area contributed by atoms with Crippen LogP contribution in [0.2, 0.25) is 0 Å². The van der Waals surface area contributed by atoms with Crippen molar-refractivity contribution in [2.75, 3.05) is 17.7 Å². The van der Waals surface area contributed by atoms with E-state index in [2.05, 4.69) is 10.6 Å². The van der Waals surface area contributed by atoms with Crippen molar-refractivity contribution in [3.8, 4) is 5.75 Å². The predicted molar refractivity (Wildman–Crippen MR) is 146 cm³/mol. The van der Waals surface area contributed by atoms with Gasteiger partial charge in [-0.25, -0.2) is 17.0 Å². The Morgan fingerprint density at radius 2 is 1.16 bits per heavy atom. The fourth-order valence-corrected chi connectivity index (χ4v) is 6.78. The van der Waals surface area contributed by atoms with Crippen molar-refractivity contribution in [2.24, 2.45) is 0 Å². The van der Waals surface area contributed by atoms with Crippen LogP contribution in [0.4, 0.5) is 21.0 Å². The van der Waals surface area contributed by atoms with Gasteiger partial charge < -0.3 is 15.4 Å². The number of nitrogens with zero attached hydrogens (tertiary/aromatic N) is 2. The molecule has 0 atom stereocenters. The number of anilines is 2. The lowest BCUT2D eigenvalue weighted by atomic mass is 10.2. The van der Waals surface area contributed by atoms with E-state index in [4.69, 9.17) is 4.74 Å². The van der Waals surface area contributed by atoms with E-state index in [1.54, 1.807) is 32.7 Å². The third-order valence-corrected chi connectivity index (χ3v) is 7.40. The van der Waals surface area contributed by atoms with E-state index in [-0.39, 0.29) is 33.1 Å². The molecule has 11 heteroatoms. The maximum atomic E-state index is 13.0. The number of hydrogen-bond donors (Lipinski definition) is 2. The van der Waals surface area contributed by atoms with E-state index >= 15 is 0 Å². The molecule has 0 heterocycles. The zero-order chi connectivity index (χ0) is 24.4. The minimum Gasteiger partial charge on any atom is -0.495 e. The highest BCUT2D eigenvalue weighted by molar-refractivity contribution is 8.13. The van der Waals surface area contributed by atoms with Crippen molar-refractivity contribution in [3.63, 3.8) is 0 Å². The standard InChI is InChI=1S/C21H36N4O3S4/c1-13(2)29-24(30-14(3)4)20(26)22-17-10-11-19(28-9)18(12-17)23-21(27)25(31-15(5)6)32-16(7)8/h10-16H,1-9H3,(H,22,26)(H,23,27). The molecule has 0 fully saturated rings. The van der Waals surface area contributed by atoms with Gasteiger partial charge in [0.05, 0.1) is 12.8 Å². The van der Waals surface area contributed by atoms with Crippen molar-refractivity contribution in [2.45, 2.75) is 76.4 Å². The number of urea groups is 2. The van der Waals surface area contributed by atoms with Crippen molar-refractivity contribution >= 4 is 71.2 Å². The Bertz CT molecular complexity index is 728. The van der Waals surface area contributed by atoms with Crippen LogP contribution in [0.15, 0.2) is 18.2 Å². The molecule has 0 bridgehead atoms. The highest BCUT2D eigenvalue weighted by atomic mass is 32.2. The Labute approximate surface area is 210 Å². The van der Waals surface area contributed by atoms with Gasteiger partial charge in [-0.05, 0) is 66.0 Å². The predicted octanol–water partition coefficient (Wildman–Crippen LogP) is 7.59. The van der Waals surface area contributed by atoms with E-state index in [9.17, 15) is 9.59 Å². The molecular weight excluding hydrogens is 485 g/mol. The van der Waals surface area contributed by atoms with Gasteiger partial charge in [-0.3, -0.25) is 0 Å². The normalized spacial score (nSPS) is 11.3. The summed E-state index contributed by atoms with van der Waals surface area (Å²) < 4.78 is 8.74. The monoisotopic (exact) mass is 520 g/mol. The van der Waals surface area contributed by atoms with Crippen molar-refractivity contribution in [1.82, 2.24) is 7.42 Å². The fraction of sp³-hybridized carbons (Fsp3) is 0.619. The van der Waals surface area contributed by atoms with Crippen LogP contribution in [0.1, 0.15) is 55.4 Å². The lowest BCUT2D eigenvalue weighted by molar-refractivity contribution is 0.249. The van der Waals surface area contributed by atoms with Crippen LogP contribution in [0, 0.1) is 0 Å². The number of amides is 4. The average molecular weight is 521 g/mol. The Hall–Kier alpha value is -1.04. The Kier molecular flexibility index (Phi) is 12.9. The smallest absolute Gasteiger partial charge is 0.342 e. The molecule has 1 aromatic carbocycles. The second kappa shape index (κ2) is 14.3. The second-order valence-electron chi connectivity index (χ2n) is 7.91. The van der Waals surface area contributed by atoms with E-state index < -0.39 is 0 Å². The molecule has 0 aliphatic carbocycles. The summed E-state index contributed by atoms with van der Waals surface area (Å²) in [7, 11) is 1.55. The maximum absolute atomic E-state index is 13.0. The quantitative estimate of drug-likeness (QED) is 0.291. The molecule has 0 saturated heterocycles. The molecule has 0 aliphatic rings. The largest absolute Gasteiger partial charge is 0.495 e. The number of carbonyl (C=O) groups is 2. The van der Waals surface area contributed by atoms with Crippen LogP contribution < -0.4 is 15.4 Å². The molecule has 0 unspecified atom stereocenters. The summed E-state index contributed by atoms with van der Waals surface area (Å²) in [6.45, 7) is 16.3. The molecule has 182 valence electrons.